The van der Waals surface area contributed by atoms with Crippen molar-refractivity contribution in [1.29, 1.82) is 0 Å². The molecule has 1 atom stereocenters. The number of carbonyl (C=O) groups is 2. The number of ether oxygens (including phenoxy) is 1. The summed E-state index contributed by atoms with van der Waals surface area (Å²) in [5, 5.41) is 2.71. The first-order valence-electron chi connectivity index (χ1n) is 6.52. The van der Waals surface area contributed by atoms with E-state index in [0.717, 1.165) is 0 Å². The Hall–Kier alpha value is -2.37. The minimum Gasteiger partial charge on any atom is -0.444 e. The molecule has 0 aliphatic carbocycles. The highest BCUT2D eigenvalue weighted by atomic mass is 19.1. The van der Waals surface area contributed by atoms with E-state index in [1.54, 1.807) is 32.9 Å². The molecule has 0 aliphatic heterocycles. The van der Waals surface area contributed by atoms with Crippen LogP contribution in [0.3, 0.4) is 0 Å². The number of fused-ring (bicyclic) bond motifs is 1. The van der Waals surface area contributed by atoms with Gasteiger partial charge >= 0.3 is 6.09 Å². The summed E-state index contributed by atoms with van der Waals surface area (Å²) in [7, 11) is 0. The zero-order chi connectivity index (χ0) is 15.6. The van der Waals surface area contributed by atoms with Crippen LogP contribution in [0.1, 0.15) is 32.4 Å². The lowest BCUT2D eigenvalue weighted by atomic mass is 10.1. The lowest BCUT2D eigenvalue weighted by Gasteiger charge is -2.21. The van der Waals surface area contributed by atoms with Crippen molar-refractivity contribution in [2.24, 2.45) is 0 Å². The van der Waals surface area contributed by atoms with Crippen LogP contribution in [0.5, 0.6) is 0 Å². The van der Waals surface area contributed by atoms with Gasteiger partial charge in [0.1, 0.15) is 23.7 Å². The van der Waals surface area contributed by atoms with E-state index < -0.39 is 23.6 Å². The Bertz CT molecular complexity index is 673. The second kappa shape index (κ2) is 5.55. The maximum absolute atomic E-state index is 13.9. The minimum absolute atomic E-state index is 0.283. The van der Waals surface area contributed by atoms with Crippen LogP contribution in [0.15, 0.2) is 24.4 Å². The number of carbonyl (C=O) groups excluding carboxylic acids is 2. The van der Waals surface area contributed by atoms with Gasteiger partial charge in [-0.3, -0.25) is 0 Å². The fourth-order valence-corrected chi connectivity index (χ4v) is 2.03. The van der Waals surface area contributed by atoms with Gasteiger partial charge in [-0.1, -0.05) is 6.07 Å². The van der Waals surface area contributed by atoms with Crippen molar-refractivity contribution < 1.29 is 18.7 Å². The molecule has 0 spiro atoms. The van der Waals surface area contributed by atoms with E-state index in [0.29, 0.717) is 17.4 Å². The molecule has 1 amide bonds. The van der Waals surface area contributed by atoms with E-state index in [9.17, 15) is 14.0 Å². The fraction of sp³-hybridized carbons (Fsp3) is 0.333. The Morgan fingerprint density at radius 2 is 2.14 bits per heavy atom. The Balaban J connectivity index is 2.28. The first-order chi connectivity index (χ1) is 9.81. The molecule has 6 heteroatoms. The third-order valence-corrected chi connectivity index (χ3v) is 2.83. The third kappa shape index (κ3) is 3.39. The summed E-state index contributed by atoms with van der Waals surface area (Å²) in [6.07, 6.45) is 1.31. The zero-order valence-corrected chi connectivity index (χ0v) is 12.1. The maximum atomic E-state index is 13.9. The van der Waals surface area contributed by atoms with Crippen LogP contribution in [0, 0.1) is 5.82 Å². The molecule has 1 aromatic heterocycles. The quantitative estimate of drug-likeness (QED) is 0.854. The van der Waals surface area contributed by atoms with Crippen LogP contribution in [0.4, 0.5) is 9.18 Å². The summed E-state index contributed by atoms with van der Waals surface area (Å²) in [6.45, 7) is 5.15. The molecule has 1 unspecified atom stereocenters. The Morgan fingerprint density at radius 3 is 2.76 bits per heavy atom. The number of aromatic amines is 1. The molecule has 0 aliphatic rings. The monoisotopic (exact) mass is 292 g/mol. The Labute approximate surface area is 121 Å². The first-order valence-corrected chi connectivity index (χ1v) is 6.52. The van der Waals surface area contributed by atoms with Crippen LogP contribution in [-0.2, 0) is 9.53 Å². The molecule has 2 aromatic rings. The predicted molar refractivity (Wildman–Crippen MR) is 76.4 cm³/mol. The largest absolute Gasteiger partial charge is 0.444 e. The highest BCUT2D eigenvalue weighted by Crippen LogP contribution is 2.26. The standard InChI is InChI=1S/C15H17FN2O3/c1-15(2,3)21-14(20)18-12(8-19)9-7-17-11-6-4-5-10(16)13(9)11/h4-8,12,17H,1-3H3,(H,18,20). The number of hydrogen-bond acceptors (Lipinski definition) is 3. The lowest BCUT2D eigenvalue weighted by molar-refractivity contribution is -0.109. The molecule has 112 valence electrons. The smallest absolute Gasteiger partial charge is 0.408 e. The van der Waals surface area contributed by atoms with Crippen molar-refractivity contribution in [3.05, 3.63) is 35.8 Å². The number of H-pyrrole nitrogens is 1. The number of nitrogens with one attached hydrogen (secondary N) is 2. The SMILES string of the molecule is CC(C)(C)OC(=O)NC(C=O)c1c[nH]c2cccc(F)c12. The van der Waals surface area contributed by atoms with Gasteiger partial charge in [-0.15, -0.1) is 0 Å². The molecule has 21 heavy (non-hydrogen) atoms. The van der Waals surface area contributed by atoms with E-state index >= 15 is 0 Å². The van der Waals surface area contributed by atoms with Crippen LogP contribution in [-0.4, -0.2) is 23.0 Å². The van der Waals surface area contributed by atoms with Crippen molar-refractivity contribution in [2.45, 2.75) is 32.4 Å². The summed E-state index contributed by atoms with van der Waals surface area (Å²) in [5.74, 6) is -0.457. The molecule has 0 saturated heterocycles. The molecule has 0 fully saturated rings. The molecule has 0 saturated carbocycles. The first kappa shape index (κ1) is 15.0. The van der Waals surface area contributed by atoms with E-state index in [1.807, 2.05) is 0 Å². The Morgan fingerprint density at radius 1 is 1.43 bits per heavy atom. The van der Waals surface area contributed by atoms with Gasteiger partial charge in [0.15, 0.2) is 0 Å². The molecule has 5 nitrogen and oxygen atoms in total. The van der Waals surface area contributed by atoms with Gasteiger partial charge in [-0.25, -0.2) is 9.18 Å². The topological polar surface area (TPSA) is 71.2 Å². The maximum Gasteiger partial charge on any atom is 0.408 e. The predicted octanol–water partition coefficient (Wildman–Crippen LogP) is 3.07. The van der Waals surface area contributed by atoms with Gasteiger partial charge in [-0.2, -0.15) is 0 Å². The number of halogens is 1. The summed E-state index contributed by atoms with van der Waals surface area (Å²) in [5.41, 5.74) is 0.245. The van der Waals surface area contributed by atoms with Crippen LogP contribution in [0.25, 0.3) is 10.9 Å². The Kier molecular flexibility index (Phi) is 3.97. The number of aldehydes is 1. The number of alkyl carbamates (subject to hydrolysis) is 1. The summed E-state index contributed by atoms with van der Waals surface area (Å²) in [4.78, 5) is 25.9. The number of benzene rings is 1. The summed E-state index contributed by atoms with van der Waals surface area (Å²) in [6, 6.07) is 3.58. The van der Waals surface area contributed by atoms with Crippen molar-refractivity contribution in [2.75, 3.05) is 0 Å². The molecule has 0 bridgehead atoms. The number of aromatic nitrogens is 1. The second-order valence-corrected chi connectivity index (χ2v) is 5.67. The minimum atomic E-state index is -0.981. The third-order valence-electron chi connectivity index (χ3n) is 2.83. The van der Waals surface area contributed by atoms with Crippen LogP contribution >= 0.6 is 0 Å². The molecule has 1 aromatic carbocycles. The number of amides is 1. The number of hydrogen-bond donors (Lipinski definition) is 2. The molecular weight excluding hydrogens is 275 g/mol. The second-order valence-electron chi connectivity index (χ2n) is 5.67. The van der Waals surface area contributed by atoms with Gasteiger partial charge in [0.05, 0.1) is 0 Å². The average molecular weight is 292 g/mol. The van der Waals surface area contributed by atoms with Crippen LogP contribution < -0.4 is 5.32 Å². The average Bonchev–Trinajstić information content (AvgIpc) is 2.79. The summed E-state index contributed by atoms with van der Waals surface area (Å²) >= 11 is 0. The number of rotatable bonds is 3. The molecule has 2 N–H and O–H groups in total. The van der Waals surface area contributed by atoms with Gasteiger partial charge in [0.2, 0.25) is 0 Å². The van der Waals surface area contributed by atoms with Crippen molar-refractivity contribution in [1.82, 2.24) is 10.3 Å². The highest BCUT2D eigenvalue weighted by Gasteiger charge is 2.23. The van der Waals surface area contributed by atoms with Crippen LogP contribution in [0.2, 0.25) is 0 Å². The molecule has 0 radical (unpaired) electrons. The van der Waals surface area contributed by atoms with E-state index in [-0.39, 0.29) is 5.39 Å². The molecular formula is C15H17FN2O3. The molecule has 1 heterocycles. The van der Waals surface area contributed by atoms with Gasteiger partial charge in [0, 0.05) is 22.7 Å². The fourth-order valence-electron chi connectivity index (χ4n) is 2.03. The van der Waals surface area contributed by atoms with E-state index in [1.165, 1.54) is 12.3 Å². The van der Waals surface area contributed by atoms with E-state index in [4.69, 9.17) is 4.74 Å². The van der Waals surface area contributed by atoms with E-state index in [2.05, 4.69) is 10.3 Å². The van der Waals surface area contributed by atoms with Gasteiger partial charge in [-0.05, 0) is 32.9 Å². The van der Waals surface area contributed by atoms with Crippen molar-refractivity contribution >= 4 is 23.3 Å². The molecule has 2 rings (SSSR count). The highest BCUT2D eigenvalue weighted by molar-refractivity contribution is 5.88. The lowest BCUT2D eigenvalue weighted by Crippen LogP contribution is -2.35. The van der Waals surface area contributed by atoms with Crippen molar-refractivity contribution in [3.8, 4) is 0 Å². The zero-order valence-electron chi connectivity index (χ0n) is 12.1. The normalized spacial score (nSPS) is 13.0. The summed E-state index contributed by atoms with van der Waals surface area (Å²) < 4.78 is 19.0. The van der Waals surface area contributed by atoms with Gasteiger partial charge in [0.25, 0.3) is 0 Å². The van der Waals surface area contributed by atoms with Crippen molar-refractivity contribution in [3.63, 3.8) is 0 Å². The van der Waals surface area contributed by atoms with Gasteiger partial charge < -0.3 is 19.8 Å².